The molecule has 0 amide bonds. The fourth-order valence-corrected chi connectivity index (χ4v) is 1.14. The van der Waals surface area contributed by atoms with Crippen molar-refractivity contribution in [1.29, 1.82) is 0 Å². The number of esters is 1. The Morgan fingerprint density at radius 1 is 1.69 bits per heavy atom. The van der Waals surface area contributed by atoms with Gasteiger partial charge in [-0.25, -0.2) is 18.6 Å². The summed E-state index contributed by atoms with van der Waals surface area (Å²) in [7, 11) is 1.08. The first kappa shape index (κ1) is 12.3. The van der Waals surface area contributed by atoms with Crippen LogP contribution in [0, 0.1) is 0 Å². The quantitative estimate of drug-likeness (QED) is 0.758. The Balaban J connectivity index is 3.37. The minimum absolute atomic E-state index is 0.0773. The molecule has 88 valence electrons. The van der Waals surface area contributed by atoms with E-state index in [1.807, 2.05) is 0 Å². The maximum Gasteiger partial charge on any atom is 0.341 e. The van der Waals surface area contributed by atoms with Crippen molar-refractivity contribution < 1.29 is 23.4 Å². The summed E-state index contributed by atoms with van der Waals surface area (Å²) < 4.78 is 29.3. The lowest BCUT2D eigenvalue weighted by Gasteiger charge is -2.09. The van der Waals surface area contributed by atoms with Gasteiger partial charge < -0.3 is 15.6 Å². The van der Waals surface area contributed by atoms with Crippen LogP contribution in [-0.2, 0) is 11.3 Å². The number of nitrogens with zero attached hydrogens (tertiary/aromatic N) is 1. The first-order chi connectivity index (χ1) is 7.51. The van der Waals surface area contributed by atoms with Gasteiger partial charge in [0.2, 0.25) is 0 Å². The van der Waals surface area contributed by atoms with E-state index in [1.165, 1.54) is 0 Å². The van der Waals surface area contributed by atoms with Crippen molar-refractivity contribution in [2.75, 3.05) is 7.11 Å². The first-order valence-corrected chi connectivity index (χ1v) is 4.30. The van der Waals surface area contributed by atoms with Gasteiger partial charge in [0.25, 0.3) is 6.43 Å². The largest absolute Gasteiger partial charge is 0.505 e. The molecule has 0 saturated heterocycles. The van der Waals surface area contributed by atoms with E-state index in [9.17, 15) is 18.7 Å². The SMILES string of the molecule is COC(=O)c1cc(CN)nc(C(F)F)c1O. The Bertz CT molecular complexity index is 410. The second-order valence-corrected chi connectivity index (χ2v) is 2.89. The third kappa shape index (κ3) is 2.25. The predicted molar refractivity (Wildman–Crippen MR) is 50.1 cm³/mol. The van der Waals surface area contributed by atoms with E-state index in [4.69, 9.17) is 5.73 Å². The third-order valence-electron chi connectivity index (χ3n) is 1.89. The van der Waals surface area contributed by atoms with Crippen molar-refractivity contribution in [3.05, 3.63) is 23.0 Å². The number of aromatic nitrogens is 1. The molecule has 0 aromatic carbocycles. The highest BCUT2D eigenvalue weighted by atomic mass is 19.3. The zero-order valence-corrected chi connectivity index (χ0v) is 8.41. The topological polar surface area (TPSA) is 85.4 Å². The van der Waals surface area contributed by atoms with Gasteiger partial charge in [-0.05, 0) is 6.07 Å². The number of pyridine rings is 1. The van der Waals surface area contributed by atoms with Crippen LogP contribution in [-0.4, -0.2) is 23.2 Å². The summed E-state index contributed by atoms with van der Waals surface area (Å²) in [5, 5.41) is 9.40. The first-order valence-electron chi connectivity index (χ1n) is 4.30. The van der Waals surface area contributed by atoms with Gasteiger partial charge in [-0.3, -0.25) is 0 Å². The van der Waals surface area contributed by atoms with Crippen LogP contribution in [0.3, 0.4) is 0 Å². The fraction of sp³-hybridized carbons (Fsp3) is 0.333. The Morgan fingerprint density at radius 2 is 2.31 bits per heavy atom. The maximum atomic E-state index is 12.5. The number of nitrogens with two attached hydrogens (primary N) is 1. The van der Waals surface area contributed by atoms with Gasteiger partial charge in [0.15, 0.2) is 5.75 Å². The number of hydrogen-bond acceptors (Lipinski definition) is 5. The summed E-state index contributed by atoms with van der Waals surface area (Å²) in [5.74, 6) is -1.80. The van der Waals surface area contributed by atoms with Gasteiger partial charge in [-0.15, -0.1) is 0 Å². The Labute approximate surface area is 89.9 Å². The Hall–Kier alpha value is -1.76. The van der Waals surface area contributed by atoms with Crippen LogP contribution >= 0.6 is 0 Å². The van der Waals surface area contributed by atoms with Gasteiger partial charge in [0, 0.05) is 6.54 Å². The minimum Gasteiger partial charge on any atom is -0.505 e. The van der Waals surface area contributed by atoms with Crippen molar-refractivity contribution in [3.8, 4) is 5.75 Å². The van der Waals surface area contributed by atoms with Crippen molar-refractivity contribution in [3.63, 3.8) is 0 Å². The molecule has 0 radical (unpaired) electrons. The highest BCUT2D eigenvalue weighted by molar-refractivity contribution is 5.92. The molecule has 0 aliphatic carbocycles. The number of hydrogen-bond donors (Lipinski definition) is 2. The van der Waals surface area contributed by atoms with Gasteiger partial charge in [-0.1, -0.05) is 0 Å². The van der Waals surface area contributed by atoms with Crippen LogP contribution in [0.4, 0.5) is 8.78 Å². The molecule has 5 nitrogen and oxygen atoms in total. The molecule has 0 aliphatic rings. The van der Waals surface area contributed by atoms with E-state index in [1.54, 1.807) is 0 Å². The summed E-state index contributed by atoms with van der Waals surface area (Å²) in [6.07, 6.45) is -2.99. The van der Waals surface area contributed by atoms with Crippen molar-refractivity contribution in [2.24, 2.45) is 5.73 Å². The molecule has 1 aromatic heterocycles. The predicted octanol–water partition coefficient (Wildman–Crippen LogP) is 0.970. The van der Waals surface area contributed by atoms with E-state index in [2.05, 4.69) is 9.72 Å². The lowest BCUT2D eigenvalue weighted by atomic mass is 10.1. The summed E-state index contributed by atoms with van der Waals surface area (Å²) >= 11 is 0. The van der Waals surface area contributed by atoms with Crippen LogP contribution in [0.2, 0.25) is 0 Å². The molecule has 7 heteroatoms. The molecule has 0 atom stereocenters. The third-order valence-corrected chi connectivity index (χ3v) is 1.89. The lowest BCUT2D eigenvalue weighted by Crippen LogP contribution is -2.09. The number of carbonyl (C=O) groups excluding carboxylic acids is 1. The van der Waals surface area contributed by atoms with Gasteiger partial charge in [0.05, 0.1) is 12.8 Å². The van der Waals surface area contributed by atoms with Crippen molar-refractivity contribution in [1.82, 2.24) is 4.98 Å². The van der Waals surface area contributed by atoms with Crippen LogP contribution < -0.4 is 5.73 Å². The van der Waals surface area contributed by atoms with Gasteiger partial charge in [-0.2, -0.15) is 0 Å². The second kappa shape index (κ2) is 4.84. The molecule has 0 spiro atoms. The molecule has 1 aromatic rings. The second-order valence-electron chi connectivity index (χ2n) is 2.89. The van der Waals surface area contributed by atoms with E-state index in [0.717, 1.165) is 13.2 Å². The average Bonchev–Trinajstić information content (AvgIpc) is 2.28. The summed E-state index contributed by atoms with van der Waals surface area (Å²) in [6.45, 7) is -0.121. The standard InChI is InChI=1S/C9H10F2N2O3/c1-16-9(15)5-2-4(3-12)13-6(7(5)14)8(10)11/h2,8,14H,3,12H2,1H3. The molecule has 3 N–H and O–H groups in total. The molecule has 0 bridgehead atoms. The molecule has 0 unspecified atom stereocenters. The minimum atomic E-state index is -2.99. The lowest BCUT2D eigenvalue weighted by molar-refractivity contribution is 0.0595. The highest BCUT2D eigenvalue weighted by Gasteiger charge is 2.23. The van der Waals surface area contributed by atoms with Gasteiger partial charge >= 0.3 is 5.97 Å². The monoisotopic (exact) mass is 232 g/mol. The zero-order chi connectivity index (χ0) is 12.3. The summed E-state index contributed by atoms with van der Waals surface area (Å²) in [6, 6.07) is 1.12. The molecule has 1 heterocycles. The van der Waals surface area contributed by atoms with Crippen molar-refractivity contribution >= 4 is 5.97 Å². The zero-order valence-electron chi connectivity index (χ0n) is 8.41. The number of aromatic hydroxyl groups is 1. The van der Waals surface area contributed by atoms with Gasteiger partial charge in [0.1, 0.15) is 11.3 Å². The molecular weight excluding hydrogens is 222 g/mol. The number of alkyl halides is 2. The molecule has 16 heavy (non-hydrogen) atoms. The molecule has 0 saturated carbocycles. The highest BCUT2D eigenvalue weighted by Crippen LogP contribution is 2.30. The molecular formula is C9H10F2N2O3. The van der Waals surface area contributed by atoms with Crippen LogP contribution in [0.15, 0.2) is 6.07 Å². The molecule has 1 rings (SSSR count). The smallest absolute Gasteiger partial charge is 0.341 e. The van der Waals surface area contributed by atoms with E-state index in [-0.39, 0.29) is 17.8 Å². The molecule has 0 fully saturated rings. The maximum absolute atomic E-state index is 12.5. The number of carbonyl (C=O) groups is 1. The van der Waals surface area contributed by atoms with Crippen molar-refractivity contribution in [2.45, 2.75) is 13.0 Å². The number of ether oxygens (including phenoxy) is 1. The number of methoxy groups -OCH3 is 1. The number of rotatable bonds is 3. The van der Waals surface area contributed by atoms with Crippen LogP contribution in [0.1, 0.15) is 28.2 Å². The Morgan fingerprint density at radius 3 is 2.75 bits per heavy atom. The van der Waals surface area contributed by atoms with Crippen LogP contribution in [0.5, 0.6) is 5.75 Å². The fourth-order valence-electron chi connectivity index (χ4n) is 1.14. The summed E-state index contributed by atoms with van der Waals surface area (Å²) in [5.41, 5.74) is 4.08. The van der Waals surface area contributed by atoms with E-state index >= 15 is 0 Å². The van der Waals surface area contributed by atoms with E-state index < -0.39 is 23.8 Å². The summed E-state index contributed by atoms with van der Waals surface area (Å²) in [4.78, 5) is 14.6. The van der Waals surface area contributed by atoms with E-state index in [0.29, 0.717) is 0 Å². The Kier molecular flexibility index (Phi) is 3.73. The van der Waals surface area contributed by atoms with Crippen LogP contribution in [0.25, 0.3) is 0 Å². The number of halogens is 2. The molecule has 0 aliphatic heterocycles. The average molecular weight is 232 g/mol. The normalized spacial score (nSPS) is 10.6.